The minimum absolute atomic E-state index is 0.208. The monoisotopic (exact) mass is 252 g/mol. The summed E-state index contributed by atoms with van der Waals surface area (Å²) >= 11 is 0. The number of rotatable bonds is 5. The maximum atomic E-state index is 7.45. The van der Waals surface area contributed by atoms with Crippen molar-refractivity contribution in [3.8, 4) is 0 Å². The van der Waals surface area contributed by atoms with Gasteiger partial charge in [-0.05, 0) is 57.8 Å². The van der Waals surface area contributed by atoms with Crippen molar-refractivity contribution >= 4 is 5.84 Å². The van der Waals surface area contributed by atoms with E-state index in [4.69, 9.17) is 11.1 Å². The number of nitrogens with zero attached hydrogens (tertiary/aromatic N) is 2. The summed E-state index contributed by atoms with van der Waals surface area (Å²) in [6, 6.07) is 0. The van der Waals surface area contributed by atoms with E-state index in [1.54, 1.807) is 0 Å². The molecule has 0 amide bonds. The van der Waals surface area contributed by atoms with Crippen LogP contribution >= 0.6 is 0 Å². The summed E-state index contributed by atoms with van der Waals surface area (Å²) in [5.74, 6) is 1.43. The summed E-state index contributed by atoms with van der Waals surface area (Å²) in [4.78, 5) is 5.12. The maximum Gasteiger partial charge on any atom is 0.0947 e. The second-order valence-corrected chi connectivity index (χ2v) is 6.11. The van der Waals surface area contributed by atoms with Gasteiger partial charge in [-0.25, -0.2) is 0 Å². The summed E-state index contributed by atoms with van der Waals surface area (Å²) in [5.41, 5.74) is 5.54. The van der Waals surface area contributed by atoms with Gasteiger partial charge in [-0.15, -0.1) is 0 Å². The first kappa shape index (κ1) is 13.8. The van der Waals surface area contributed by atoms with Crippen LogP contribution < -0.4 is 5.73 Å². The number of piperidine rings is 1. The summed E-state index contributed by atoms with van der Waals surface area (Å²) in [6.07, 6.45) is 5.44. The third-order valence-electron chi connectivity index (χ3n) is 4.49. The Morgan fingerprint density at radius 3 is 2.33 bits per heavy atom. The van der Waals surface area contributed by atoms with Crippen molar-refractivity contribution in [3.63, 3.8) is 0 Å². The first-order chi connectivity index (χ1) is 8.65. The van der Waals surface area contributed by atoms with Crippen LogP contribution in [0.2, 0.25) is 0 Å². The lowest BCUT2D eigenvalue weighted by Crippen LogP contribution is -2.41. The van der Waals surface area contributed by atoms with Crippen molar-refractivity contribution in [2.24, 2.45) is 17.6 Å². The lowest BCUT2D eigenvalue weighted by atomic mass is 9.95. The Balaban J connectivity index is 1.66. The van der Waals surface area contributed by atoms with Crippen LogP contribution in [0, 0.1) is 17.2 Å². The summed E-state index contributed by atoms with van der Waals surface area (Å²) in [5, 5.41) is 7.45. The van der Waals surface area contributed by atoms with Crippen LogP contribution in [0.3, 0.4) is 0 Å². The molecule has 0 aliphatic carbocycles. The summed E-state index contributed by atoms with van der Waals surface area (Å²) in [7, 11) is 0. The Kier molecular flexibility index (Phi) is 5.01. The molecule has 0 aromatic rings. The van der Waals surface area contributed by atoms with Crippen LogP contribution in [0.15, 0.2) is 0 Å². The van der Waals surface area contributed by atoms with E-state index in [0.717, 1.165) is 12.5 Å². The molecule has 4 heteroatoms. The van der Waals surface area contributed by atoms with Gasteiger partial charge >= 0.3 is 0 Å². The number of likely N-dealkylation sites (tertiary alicyclic amines) is 2. The number of nitrogens with two attached hydrogens (primary N) is 1. The fourth-order valence-electron chi connectivity index (χ4n) is 3.17. The second-order valence-electron chi connectivity index (χ2n) is 6.11. The molecule has 0 bridgehead atoms. The Morgan fingerprint density at radius 1 is 1.17 bits per heavy atom. The zero-order valence-corrected chi connectivity index (χ0v) is 11.7. The molecule has 1 unspecified atom stereocenters. The van der Waals surface area contributed by atoms with E-state index in [1.165, 1.54) is 58.4 Å². The number of amidine groups is 1. The molecule has 2 saturated heterocycles. The Morgan fingerprint density at radius 2 is 1.78 bits per heavy atom. The molecule has 4 nitrogen and oxygen atoms in total. The molecule has 0 saturated carbocycles. The average Bonchev–Trinajstić information content (AvgIpc) is 2.84. The molecule has 3 N–H and O–H groups in total. The second kappa shape index (κ2) is 6.53. The first-order valence-electron chi connectivity index (χ1n) is 7.44. The highest BCUT2D eigenvalue weighted by molar-refractivity contribution is 5.79. The fraction of sp³-hybridized carbons (Fsp3) is 0.929. The fourth-order valence-corrected chi connectivity index (χ4v) is 3.17. The van der Waals surface area contributed by atoms with Gasteiger partial charge in [0, 0.05) is 19.0 Å². The smallest absolute Gasteiger partial charge is 0.0947 e. The lowest BCUT2D eigenvalue weighted by Gasteiger charge is -2.34. The van der Waals surface area contributed by atoms with Crippen molar-refractivity contribution in [3.05, 3.63) is 0 Å². The Bertz CT molecular complexity index is 265. The van der Waals surface area contributed by atoms with E-state index in [-0.39, 0.29) is 5.92 Å². The Hall–Kier alpha value is -0.610. The average molecular weight is 252 g/mol. The van der Waals surface area contributed by atoms with Crippen LogP contribution in [0.4, 0.5) is 0 Å². The first-order valence-corrected chi connectivity index (χ1v) is 7.44. The van der Waals surface area contributed by atoms with Gasteiger partial charge in [0.05, 0.1) is 5.84 Å². The summed E-state index contributed by atoms with van der Waals surface area (Å²) < 4.78 is 0. The molecule has 0 radical (unpaired) electrons. The van der Waals surface area contributed by atoms with E-state index < -0.39 is 0 Å². The van der Waals surface area contributed by atoms with Gasteiger partial charge in [-0.2, -0.15) is 0 Å². The predicted molar refractivity (Wildman–Crippen MR) is 75.9 cm³/mol. The van der Waals surface area contributed by atoms with Crippen molar-refractivity contribution in [2.45, 2.75) is 32.6 Å². The molecule has 104 valence electrons. The van der Waals surface area contributed by atoms with E-state index in [0.29, 0.717) is 5.84 Å². The van der Waals surface area contributed by atoms with Crippen LogP contribution in [0.5, 0.6) is 0 Å². The van der Waals surface area contributed by atoms with Gasteiger partial charge in [-0.1, -0.05) is 6.92 Å². The van der Waals surface area contributed by atoms with Crippen molar-refractivity contribution < 1.29 is 0 Å². The number of hydrogen-bond donors (Lipinski definition) is 2. The molecule has 0 aromatic heterocycles. The van der Waals surface area contributed by atoms with E-state index >= 15 is 0 Å². The molecule has 1 atom stereocenters. The molecular weight excluding hydrogens is 224 g/mol. The van der Waals surface area contributed by atoms with Crippen molar-refractivity contribution in [1.82, 2.24) is 9.80 Å². The molecule has 0 aromatic carbocycles. The van der Waals surface area contributed by atoms with E-state index in [2.05, 4.69) is 16.7 Å². The lowest BCUT2D eigenvalue weighted by molar-refractivity contribution is 0.148. The molecule has 18 heavy (non-hydrogen) atoms. The van der Waals surface area contributed by atoms with Crippen LogP contribution in [-0.4, -0.2) is 54.9 Å². The topological polar surface area (TPSA) is 56.4 Å². The zero-order chi connectivity index (χ0) is 13.0. The molecule has 2 fully saturated rings. The maximum absolute atomic E-state index is 7.45. The van der Waals surface area contributed by atoms with Gasteiger partial charge in [0.1, 0.15) is 0 Å². The minimum Gasteiger partial charge on any atom is -0.387 e. The molecular formula is C14H28N4. The van der Waals surface area contributed by atoms with E-state index in [9.17, 15) is 0 Å². The highest BCUT2D eigenvalue weighted by Crippen LogP contribution is 2.21. The highest BCUT2D eigenvalue weighted by atomic mass is 15.2. The largest absolute Gasteiger partial charge is 0.387 e. The van der Waals surface area contributed by atoms with Gasteiger partial charge in [0.15, 0.2) is 0 Å². The van der Waals surface area contributed by atoms with Crippen LogP contribution in [0.1, 0.15) is 32.6 Å². The summed E-state index contributed by atoms with van der Waals surface area (Å²) in [6.45, 7) is 9.36. The van der Waals surface area contributed by atoms with Gasteiger partial charge in [-0.3, -0.25) is 5.41 Å². The van der Waals surface area contributed by atoms with Gasteiger partial charge in [0.2, 0.25) is 0 Å². The highest BCUT2D eigenvalue weighted by Gasteiger charge is 2.23. The molecule has 0 spiro atoms. The quantitative estimate of drug-likeness (QED) is 0.574. The third kappa shape index (κ3) is 3.95. The third-order valence-corrected chi connectivity index (χ3v) is 4.49. The van der Waals surface area contributed by atoms with Crippen molar-refractivity contribution in [1.29, 1.82) is 5.41 Å². The zero-order valence-electron chi connectivity index (χ0n) is 11.7. The molecule has 2 rings (SSSR count). The number of nitrogens with one attached hydrogen (secondary N) is 1. The number of hydrogen-bond acceptors (Lipinski definition) is 3. The van der Waals surface area contributed by atoms with E-state index in [1.807, 2.05) is 0 Å². The van der Waals surface area contributed by atoms with Crippen LogP contribution in [-0.2, 0) is 0 Å². The standard InChI is InChI=1S/C14H28N4/c1-12(14(15)16)10-18-8-4-13(5-9-18)11-17-6-2-3-7-17/h12-13H,2-11H2,1H3,(H3,15,16). The van der Waals surface area contributed by atoms with Gasteiger partial charge < -0.3 is 15.5 Å². The Labute approximate surface area is 111 Å². The molecule has 2 aliphatic heterocycles. The van der Waals surface area contributed by atoms with Gasteiger partial charge in [0.25, 0.3) is 0 Å². The SMILES string of the molecule is CC(CN1CCC(CN2CCCC2)CC1)C(=N)N. The minimum atomic E-state index is 0.208. The van der Waals surface area contributed by atoms with Crippen LogP contribution in [0.25, 0.3) is 0 Å². The molecule has 2 aliphatic rings. The van der Waals surface area contributed by atoms with Crippen molar-refractivity contribution in [2.75, 3.05) is 39.3 Å². The molecule has 2 heterocycles. The predicted octanol–water partition coefficient (Wildman–Crippen LogP) is 1.37. The normalized spacial score (nSPS) is 25.4.